The molecule has 0 fully saturated rings. The van der Waals surface area contributed by atoms with E-state index < -0.39 is 23.7 Å². The highest BCUT2D eigenvalue weighted by molar-refractivity contribution is 5.93. The molecule has 1 aromatic carbocycles. The lowest BCUT2D eigenvalue weighted by Gasteiger charge is -2.12. The normalized spacial score (nSPS) is 10.7. The maximum atomic E-state index is 11.4. The van der Waals surface area contributed by atoms with E-state index in [1.54, 1.807) is 0 Å². The second kappa shape index (κ2) is 7.67. The van der Waals surface area contributed by atoms with Gasteiger partial charge >= 0.3 is 17.9 Å². The number of rotatable bonds is 7. The van der Waals surface area contributed by atoms with Crippen molar-refractivity contribution in [2.45, 2.75) is 13.5 Å². The molecule has 1 rings (SSSR count). The van der Waals surface area contributed by atoms with Crippen LogP contribution in [0.25, 0.3) is 0 Å². The number of carboxylic acid groups (broad SMARTS) is 2. The molecule has 0 saturated carbocycles. The number of methoxy groups -OCH3 is 1. The molecule has 0 heterocycles. The summed E-state index contributed by atoms with van der Waals surface area (Å²) < 4.78 is 14.4. The minimum atomic E-state index is -1.43. The van der Waals surface area contributed by atoms with Gasteiger partial charge < -0.3 is 24.4 Å². The van der Waals surface area contributed by atoms with Crippen LogP contribution in [0.5, 0.6) is 5.75 Å². The number of benzene rings is 1. The van der Waals surface area contributed by atoms with E-state index in [0.717, 1.165) is 6.26 Å². The summed E-state index contributed by atoms with van der Waals surface area (Å²) in [7, 11) is 1.22. The second-order valence-electron chi connectivity index (χ2n) is 4.00. The van der Waals surface area contributed by atoms with E-state index >= 15 is 0 Å². The summed E-state index contributed by atoms with van der Waals surface area (Å²) in [5, 5.41) is 18.2. The van der Waals surface area contributed by atoms with Crippen LogP contribution in [-0.2, 0) is 25.7 Å². The maximum absolute atomic E-state index is 11.4. The monoisotopic (exact) mass is 310 g/mol. The summed E-state index contributed by atoms with van der Waals surface area (Å²) in [6, 6.07) is 4.17. The highest BCUT2D eigenvalue weighted by Crippen LogP contribution is 2.25. The first-order chi connectivity index (χ1) is 10.4. The Kier molecular flexibility index (Phi) is 5.94. The fraction of sp³-hybridized carbons (Fsp3) is 0.214. The molecule has 0 amide bonds. The molecule has 2 N–H and O–H groups in total. The second-order valence-corrected chi connectivity index (χ2v) is 4.00. The zero-order valence-corrected chi connectivity index (χ0v) is 11.9. The van der Waals surface area contributed by atoms with Gasteiger partial charge in [-0.2, -0.15) is 0 Å². The highest BCUT2D eigenvalue weighted by atomic mass is 16.5. The van der Waals surface area contributed by atoms with Crippen molar-refractivity contribution >= 4 is 17.9 Å². The molecule has 0 unspecified atom stereocenters. The van der Waals surface area contributed by atoms with Crippen molar-refractivity contribution in [3.8, 4) is 5.75 Å². The number of carbonyl (C=O) groups is 3. The van der Waals surface area contributed by atoms with Gasteiger partial charge in [0.2, 0.25) is 5.76 Å². The highest BCUT2D eigenvalue weighted by Gasteiger charge is 2.20. The number of aliphatic carboxylic acids is 1. The van der Waals surface area contributed by atoms with Gasteiger partial charge in [-0.1, -0.05) is 12.1 Å². The van der Waals surface area contributed by atoms with E-state index in [4.69, 9.17) is 14.6 Å². The third kappa shape index (κ3) is 4.51. The van der Waals surface area contributed by atoms with E-state index in [9.17, 15) is 19.5 Å². The number of hydrogen-bond donors (Lipinski definition) is 2. The molecule has 8 heteroatoms. The topological polar surface area (TPSA) is 119 Å². The smallest absolute Gasteiger partial charge is 0.375 e. The standard InChI is InChI=1S/C14H14O8/c1-8(15)21-6-9-4-3-5-10(12(9)14(18)19)22-11(7-20-2)13(16)17/h3-5,7H,6H2,1-2H3,(H,16,17)(H,18,19). The van der Waals surface area contributed by atoms with Crippen LogP contribution in [0.3, 0.4) is 0 Å². The first kappa shape index (κ1) is 17.0. The van der Waals surface area contributed by atoms with Crippen LogP contribution in [0.15, 0.2) is 30.2 Å². The zero-order chi connectivity index (χ0) is 16.7. The number of carbonyl (C=O) groups excluding carboxylic acids is 1. The Morgan fingerprint density at radius 2 is 1.91 bits per heavy atom. The fourth-order valence-electron chi connectivity index (χ4n) is 1.55. The largest absolute Gasteiger partial charge is 0.500 e. The number of aromatic carboxylic acids is 1. The molecular weight excluding hydrogens is 296 g/mol. The van der Waals surface area contributed by atoms with Gasteiger partial charge in [0.25, 0.3) is 0 Å². The van der Waals surface area contributed by atoms with Crippen molar-refractivity contribution in [3.63, 3.8) is 0 Å². The van der Waals surface area contributed by atoms with Crippen molar-refractivity contribution in [2.75, 3.05) is 7.11 Å². The van der Waals surface area contributed by atoms with Gasteiger partial charge in [-0.15, -0.1) is 0 Å². The van der Waals surface area contributed by atoms with Crippen molar-refractivity contribution in [2.24, 2.45) is 0 Å². The van der Waals surface area contributed by atoms with Crippen LogP contribution in [0.4, 0.5) is 0 Å². The summed E-state index contributed by atoms with van der Waals surface area (Å²) in [4.78, 5) is 33.2. The lowest BCUT2D eigenvalue weighted by molar-refractivity contribution is -0.142. The maximum Gasteiger partial charge on any atom is 0.375 e. The van der Waals surface area contributed by atoms with E-state index in [1.165, 1.54) is 32.2 Å². The van der Waals surface area contributed by atoms with Gasteiger partial charge in [0.05, 0.1) is 7.11 Å². The van der Waals surface area contributed by atoms with Crippen LogP contribution >= 0.6 is 0 Å². The number of carboxylic acids is 2. The minimum absolute atomic E-state index is 0.169. The summed E-state index contributed by atoms with van der Waals surface area (Å²) in [6.07, 6.45) is 0.826. The van der Waals surface area contributed by atoms with E-state index in [-0.39, 0.29) is 23.5 Å². The van der Waals surface area contributed by atoms with Crippen molar-refractivity contribution in [1.82, 2.24) is 0 Å². The van der Waals surface area contributed by atoms with E-state index in [1.807, 2.05) is 0 Å². The molecule has 0 saturated heterocycles. The molecule has 1 aromatic rings. The minimum Gasteiger partial charge on any atom is -0.500 e. The predicted molar refractivity (Wildman–Crippen MR) is 72.2 cm³/mol. The lowest BCUT2D eigenvalue weighted by Crippen LogP contribution is -2.13. The van der Waals surface area contributed by atoms with Gasteiger partial charge in [0.15, 0.2) is 0 Å². The van der Waals surface area contributed by atoms with Crippen molar-refractivity contribution in [1.29, 1.82) is 0 Å². The Balaban J connectivity index is 3.21. The quantitative estimate of drug-likeness (QED) is 0.440. The van der Waals surface area contributed by atoms with E-state index in [2.05, 4.69) is 4.74 Å². The van der Waals surface area contributed by atoms with Crippen LogP contribution in [-0.4, -0.2) is 35.2 Å². The Morgan fingerprint density at radius 3 is 2.41 bits per heavy atom. The Morgan fingerprint density at radius 1 is 1.23 bits per heavy atom. The number of hydrogen-bond acceptors (Lipinski definition) is 6. The molecule has 0 aliphatic rings. The van der Waals surface area contributed by atoms with Gasteiger partial charge in [-0.25, -0.2) is 9.59 Å². The summed E-state index contributed by atoms with van der Waals surface area (Å²) in [5.74, 6) is -4.14. The third-order valence-corrected chi connectivity index (χ3v) is 2.41. The molecule has 0 spiro atoms. The van der Waals surface area contributed by atoms with Crippen LogP contribution in [0.2, 0.25) is 0 Å². The van der Waals surface area contributed by atoms with Crippen molar-refractivity contribution < 1.29 is 38.8 Å². The molecule has 118 valence electrons. The Labute approximate surface area is 125 Å². The average Bonchev–Trinajstić information content (AvgIpc) is 2.44. The lowest BCUT2D eigenvalue weighted by atomic mass is 10.1. The molecular formula is C14H14O8. The molecule has 0 radical (unpaired) electrons. The van der Waals surface area contributed by atoms with E-state index in [0.29, 0.717) is 0 Å². The van der Waals surface area contributed by atoms with Crippen molar-refractivity contribution in [3.05, 3.63) is 41.3 Å². The van der Waals surface area contributed by atoms with Gasteiger partial charge in [-0.05, 0) is 6.07 Å². The molecule has 0 bridgehead atoms. The molecule has 22 heavy (non-hydrogen) atoms. The summed E-state index contributed by atoms with van der Waals surface area (Å²) in [5.41, 5.74) is -0.130. The van der Waals surface area contributed by atoms with Crippen LogP contribution in [0, 0.1) is 0 Å². The van der Waals surface area contributed by atoms with Crippen LogP contribution in [0.1, 0.15) is 22.8 Å². The molecule has 0 atom stereocenters. The van der Waals surface area contributed by atoms with Gasteiger partial charge in [-0.3, -0.25) is 4.79 Å². The third-order valence-electron chi connectivity index (χ3n) is 2.41. The summed E-state index contributed by atoms with van der Waals surface area (Å²) >= 11 is 0. The average molecular weight is 310 g/mol. The number of ether oxygens (including phenoxy) is 3. The fourth-order valence-corrected chi connectivity index (χ4v) is 1.55. The predicted octanol–water partition coefficient (Wildman–Crippen LogP) is 1.40. The Bertz CT molecular complexity index is 617. The molecule has 0 aliphatic carbocycles. The Hall–Kier alpha value is -3.03. The zero-order valence-electron chi connectivity index (χ0n) is 11.9. The SMILES string of the molecule is COC=C(Oc1cccc(COC(C)=O)c1C(=O)O)C(=O)O. The molecule has 0 aliphatic heterocycles. The molecule has 8 nitrogen and oxygen atoms in total. The molecule has 0 aromatic heterocycles. The van der Waals surface area contributed by atoms with Crippen LogP contribution < -0.4 is 4.74 Å². The summed E-state index contributed by atoms with van der Waals surface area (Å²) in [6.45, 7) is 0.912. The first-order valence-electron chi connectivity index (χ1n) is 5.99. The number of esters is 1. The first-order valence-corrected chi connectivity index (χ1v) is 5.99. The van der Waals surface area contributed by atoms with Gasteiger partial charge in [0.1, 0.15) is 24.2 Å². The van der Waals surface area contributed by atoms with Gasteiger partial charge in [0, 0.05) is 12.5 Å².